The number of nitrogens with one attached hydrogen (secondary N) is 1. The number of hydrogen-bond donors (Lipinski definition) is 1. The fourth-order valence-corrected chi connectivity index (χ4v) is 5.75. The van der Waals surface area contributed by atoms with Crippen molar-refractivity contribution in [1.29, 1.82) is 0 Å². The highest BCUT2D eigenvalue weighted by atomic mass is 79.9. The van der Waals surface area contributed by atoms with E-state index < -0.39 is 28.5 Å². The average molecular weight is 669 g/mol. The largest absolute Gasteiger partial charge is 0.352 e. The van der Waals surface area contributed by atoms with Gasteiger partial charge in [0.25, 0.3) is 0 Å². The summed E-state index contributed by atoms with van der Waals surface area (Å²) in [5.74, 6) is -0.876. The normalized spacial score (nSPS) is 12.8. The predicted molar refractivity (Wildman–Crippen MR) is 165 cm³/mol. The van der Waals surface area contributed by atoms with E-state index >= 15 is 0 Å². The van der Waals surface area contributed by atoms with Gasteiger partial charge in [-0.05, 0) is 54.8 Å². The second-order valence-electron chi connectivity index (χ2n) is 9.54. The fourth-order valence-electron chi connectivity index (χ4n) is 4.06. The Hall–Kier alpha value is -2.59. The van der Waals surface area contributed by atoms with Crippen molar-refractivity contribution in [3.8, 4) is 0 Å². The molecule has 3 aromatic rings. The molecule has 2 amide bonds. The Morgan fingerprint density at radius 1 is 0.975 bits per heavy atom. The first kappa shape index (κ1) is 31.9. The predicted octanol–water partition coefficient (Wildman–Crippen LogP) is 6.08. The molecule has 1 N–H and O–H groups in total. The number of rotatable bonds is 12. The SMILES string of the molecule is CC[C@H](C)NC(=O)[C@H](Cc1ccccc1)N(Cc1ccc(Br)cc1)C(=O)CN(c1ccc(Cl)cc1Cl)S(C)(=O)=O. The lowest BCUT2D eigenvalue weighted by Crippen LogP contribution is -2.54. The van der Waals surface area contributed by atoms with Gasteiger partial charge < -0.3 is 10.2 Å². The lowest BCUT2D eigenvalue weighted by molar-refractivity contribution is -0.140. The molecule has 0 heterocycles. The van der Waals surface area contributed by atoms with Crippen molar-refractivity contribution < 1.29 is 18.0 Å². The summed E-state index contributed by atoms with van der Waals surface area (Å²) < 4.78 is 27.6. The smallest absolute Gasteiger partial charge is 0.244 e. The molecule has 214 valence electrons. The first-order valence-electron chi connectivity index (χ1n) is 12.7. The Bertz CT molecular complexity index is 1420. The topological polar surface area (TPSA) is 86.8 Å². The molecule has 0 bridgehead atoms. The van der Waals surface area contributed by atoms with Crippen LogP contribution in [0.1, 0.15) is 31.4 Å². The van der Waals surface area contributed by atoms with Crippen molar-refractivity contribution in [2.45, 2.75) is 45.3 Å². The van der Waals surface area contributed by atoms with Crippen molar-refractivity contribution in [1.82, 2.24) is 10.2 Å². The van der Waals surface area contributed by atoms with Crippen molar-refractivity contribution in [2.75, 3.05) is 17.1 Å². The zero-order chi connectivity index (χ0) is 29.4. The van der Waals surface area contributed by atoms with Crippen LogP contribution in [0, 0.1) is 0 Å². The zero-order valence-corrected chi connectivity index (χ0v) is 26.4. The molecule has 0 unspecified atom stereocenters. The molecule has 40 heavy (non-hydrogen) atoms. The van der Waals surface area contributed by atoms with Gasteiger partial charge in [0.1, 0.15) is 12.6 Å². The summed E-state index contributed by atoms with van der Waals surface area (Å²) in [6.07, 6.45) is 1.95. The molecule has 0 saturated carbocycles. The van der Waals surface area contributed by atoms with Gasteiger partial charge in [-0.1, -0.05) is 88.5 Å². The minimum Gasteiger partial charge on any atom is -0.352 e. The zero-order valence-electron chi connectivity index (χ0n) is 22.5. The van der Waals surface area contributed by atoms with Gasteiger partial charge in [-0.3, -0.25) is 13.9 Å². The van der Waals surface area contributed by atoms with Gasteiger partial charge >= 0.3 is 0 Å². The first-order chi connectivity index (χ1) is 18.9. The van der Waals surface area contributed by atoms with Gasteiger partial charge in [-0.25, -0.2) is 8.42 Å². The van der Waals surface area contributed by atoms with E-state index in [1.54, 1.807) is 0 Å². The Kier molecular flexibility index (Phi) is 11.5. The quantitative estimate of drug-likeness (QED) is 0.254. The second-order valence-corrected chi connectivity index (χ2v) is 13.2. The van der Waals surface area contributed by atoms with Gasteiger partial charge in [0.05, 0.1) is 17.0 Å². The highest BCUT2D eigenvalue weighted by Crippen LogP contribution is 2.30. The van der Waals surface area contributed by atoms with E-state index in [-0.39, 0.29) is 35.6 Å². The molecule has 0 saturated heterocycles. The maximum atomic E-state index is 14.1. The third kappa shape index (κ3) is 8.96. The van der Waals surface area contributed by atoms with Crippen LogP contribution in [-0.4, -0.2) is 50.0 Å². The standard InChI is InChI=1S/C29H32BrCl2N3O4S/c1-4-20(2)33-29(37)27(16-21-8-6-5-7-9-21)34(18-22-10-12-23(30)13-11-22)28(36)19-35(40(3,38)39)26-15-14-24(31)17-25(26)32/h5-15,17,20,27H,4,16,18-19H2,1-3H3,(H,33,37)/t20-,27-/m0/s1. The number of carbonyl (C=O) groups excluding carboxylic acids is 2. The van der Waals surface area contributed by atoms with Crippen LogP contribution in [0.5, 0.6) is 0 Å². The lowest BCUT2D eigenvalue weighted by atomic mass is 10.0. The summed E-state index contributed by atoms with van der Waals surface area (Å²) >= 11 is 15.8. The number of carbonyl (C=O) groups is 2. The van der Waals surface area contributed by atoms with Gasteiger partial charge in [0.2, 0.25) is 21.8 Å². The summed E-state index contributed by atoms with van der Waals surface area (Å²) in [6.45, 7) is 3.39. The molecule has 0 aliphatic carbocycles. The van der Waals surface area contributed by atoms with Crippen LogP contribution in [0.3, 0.4) is 0 Å². The van der Waals surface area contributed by atoms with Gasteiger partial charge in [-0.2, -0.15) is 0 Å². The van der Waals surface area contributed by atoms with E-state index in [0.717, 1.165) is 26.2 Å². The van der Waals surface area contributed by atoms with E-state index in [0.29, 0.717) is 11.4 Å². The van der Waals surface area contributed by atoms with Crippen LogP contribution in [-0.2, 0) is 32.6 Å². The summed E-state index contributed by atoms with van der Waals surface area (Å²) in [7, 11) is -3.94. The number of nitrogens with zero attached hydrogens (tertiary/aromatic N) is 2. The molecule has 2 atom stereocenters. The van der Waals surface area contributed by atoms with Crippen LogP contribution >= 0.6 is 39.1 Å². The van der Waals surface area contributed by atoms with Crippen LogP contribution in [0.15, 0.2) is 77.3 Å². The third-order valence-corrected chi connectivity index (χ3v) is 8.59. The summed E-state index contributed by atoms with van der Waals surface area (Å²) in [5.41, 5.74) is 1.76. The maximum Gasteiger partial charge on any atom is 0.244 e. The van der Waals surface area contributed by atoms with E-state index in [9.17, 15) is 18.0 Å². The number of sulfonamides is 1. The van der Waals surface area contributed by atoms with Crippen molar-refractivity contribution >= 4 is 66.7 Å². The number of amides is 2. The van der Waals surface area contributed by atoms with Crippen LogP contribution in [0.4, 0.5) is 5.69 Å². The average Bonchev–Trinajstić information content (AvgIpc) is 2.90. The van der Waals surface area contributed by atoms with Crippen LogP contribution < -0.4 is 9.62 Å². The second kappa shape index (κ2) is 14.3. The van der Waals surface area contributed by atoms with Crippen LogP contribution in [0.2, 0.25) is 10.0 Å². The Labute approximate surface area is 254 Å². The van der Waals surface area contributed by atoms with E-state index in [2.05, 4.69) is 21.2 Å². The minimum atomic E-state index is -3.94. The monoisotopic (exact) mass is 667 g/mol. The molecule has 0 fully saturated rings. The highest BCUT2D eigenvalue weighted by molar-refractivity contribution is 9.10. The summed E-state index contributed by atoms with van der Waals surface area (Å²) in [6, 6.07) is 20.1. The molecule has 3 rings (SSSR count). The summed E-state index contributed by atoms with van der Waals surface area (Å²) in [5, 5.41) is 3.42. The molecule has 7 nitrogen and oxygen atoms in total. The first-order valence-corrected chi connectivity index (χ1v) is 16.1. The Balaban J connectivity index is 2.07. The van der Waals surface area contributed by atoms with E-state index in [4.69, 9.17) is 23.2 Å². The molecule has 3 aromatic carbocycles. The number of hydrogen-bond acceptors (Lipinski definition) is 4. The van der Waals surface area contributed by atoms with Crippen molar-refractivity contribution in [3.05, 3.63) is 98.4 Å². The number of anilines is 1. The molecule has 0 aliphatic rings. The molecule has 0 spiro atoms. The number of halogens is 3. The maximum absolute atomic E-state index is 14.1. The van der Waals surface area contributed by atoms with Gasteiger partial charge in [0.15, 0.2) is 0 Å². The van der Waals surface area contributed by atoms with Crippen molar-refractivity contribution in [3.63, 3.8) is 0 Å². The number of benzene rings is 3. The Morgan fingerprint density at radius 3 is 2.20 bits per heavy atom. The summed E-state index contributed by atoms with van der Waals surface area (Å²) in [4.78, 5) is 29.2. The molecular formula is C29H32BrCl2N3O4S. The van der Waals surface area contributed by atoms with Gasteiger partial charge in [-0.15, -0.1) is 0 Å². The molecule has 0 aromatic heterocycles. The van der Waals surface area contributed by atoms with E-state index in [1.807, 2.05) is 68.4 Å². The lowest BCUT2D eigenvalue weighted by Gasteiger charge is -2.34. The third-order valence-electron chi connectivity index (χ3n) is 6.40. The molecule has 0 aliphatic heterocycles. The fraction of sp³-hybridized carbons (Fsp3) is 0.310. The van der Waals surface area contributed by atoms with Crippen LogP contribution in [0.25, 0.3) is 0 Å². The van der Waals surface area contributed by atoms with Gasteiger partial charge in [0, 0.05) is 28.5 Å². The molecule has 11 heteroatoms. The van der Waals surface area contributed by atoms with E-state index in [1.165, 1.54) is 23.1 Å². The highest BCUT2D eigenvalue weighted by Gasteiger charge is 2.33. The Morgan fingerprint density at radius 2 is 1.62 bits per heavy atom. The minimum absolute atomic E-state index is 0.0838. The molecular weight excluding hydrogens is 637 g/mol. The van der Waals surface area contributed by atoms with Crippen molar-refractivity contribution in [2.24, 2.45) is 0 Å². The molecule has 0 radical (unpaired) electrons.